The Kier molecular flexibility index (Phi) is 5.21. The number of para-hydroxylation sites is 1. The number of nitrogens with zero attached hydrogens (tertiary/aromatic N) is 3. The van der Waals surface area contributed by atoms with Crippen LogP contribution in [0.4, 0.5) is 5.95 Å². The molecule has 0 radical (unpaired) electrons. The second kappa shape index (κ2) is 7.93. The molecule has 0 spiro atoms. The number of rotatable bonds is 7. The van der Waals surface area contributed by atoms with Gasteiger partial charge in [-0.25, -0.2) is 0 Å². The standard InChI is InChI=1S/C18H20N4O4S/c1-23-13-5-3-6-14(24-2)16(13)22-17(15-7-4-9-26-15)19-20-18(22)21-27-12-8-10-25-11-12/h3-7,9,12H,8,10-11H2,1-2H3,(H,20,21). The smallest absolute Gasteiger partial charge is 0.239 e. The van der Waals surface area contributed by atoms with Crippen LogP contribution < -0.4 is 14.2 Å². The molecule has 1 aliphatic rings. The molecule has 2 aromatic heterocycles. The molecule has 0 aliphatic carbocycles. The van der Waals surface area contributed by atoms with Crippen LogP contribution in [0.2, 0.25) is 0 Å². The van der Waals surface area contributed by atoms with Crippen LogP contribution in [-0.2, 0) is 4.74 Å². The van der Waals surface area contributed by atoms with Crippen LogP contribution in [0.25, 0.3) is 17.3 Å². The molecule has 0 bridgehead atoms. The molecule has 9 heteroatoms. The molecule has 1 saturated heterocycles. The number of ether oxygens (including phenoxy) is 3. The fourth-order valence-electron chi connectivity index (χ4n) is 2.92. The van der Waals surface area contributed by atoms with Gasteiger partial charge in [0.1, 0.15) is 17.2 Å². The Morgan fingerprint density at radius 3 is 2.59 bits per heavy atom. The number of nitrogens with one attached hydrogen (secondary N) is 1. The first-order valence-electron chi connectivity index (χ1n) is 8.52. The minimum atomic E-state index is 0.363. The number of furan rings is 1. The van der Waals surface area contributed by atoms with Gasteiger partial charge in [0.25, 0.3) is 0 Å². The van der Waals surface area contributed by atoms with Crippen molar-refractivity contribution in [2.75, 3.05) is 32.2 Å². The van der Waals surface area contributed by atoms with E-state index in [1.165, 1.54) is 0 Å². The lowest BCUT2D eigenvalue weighted by atomic mass is 10.2. The molecule has 1 fully saturated rings. The van der Waals surface area contributed by atoms with E-state index in [4.69, 9.17) is 18.6 Å². The Hall–Kier alpha value is -2.65. The van der Waals surface area contributed by atoms with E-state index in [1.54, 1.807) is 32.4 Å². The monoisotopic (exact) mass is 388 g/mol. The molecule has 142 valence electrons. The number of hydrogen-bond acceptors (Lipinski definition) is 8. The summed E-state index contributed by atoms with van der Waals surface area (Å²) >= 11 is 1.57. The SMILES string of the molecule is COc1cccc(OC)c1-n1c(NSC2CCOC2)nnc1-c1ccco1. The van der Waals surface area contributed by atoms with Gasteiger partial charge in [-0.1, -0.05) is 6.07 Å². The van der Waals surface area contributed by atoms with Crippen LogP contribution in [0.3, 0.4) is 0 Å². The minimum Gasteiger partial charge on any atom is -0.494 e. The molecule has 0 saturated carbocycles. The fraction of sp³-hybridized carbons (Fsp3) is 0.333. The molecule has 1 unspecified atom stereocenters. The molecular weight excluding hydrogens is 368 g/mol. The first-order chi connectivity index (χ1) is 13.3. The van der Waals surface area contributed by atoms with E-state index in [2.05, 4.69) is 14.9 Å². The van der Waals surface area contributed by atoms with E-state index in [0.717, 1.165) is 19.6 Å². The Bertz CT molecular complexity index is 869. The summed E-state index contributed by atoms with van der Waals surface area (Å²) in [5.41, 5.74) is 0.699. The summed E-state index contributed by atoms with van der Waals surface area (Å²) in [5, 5.41) is 9.02. The Labute approximate surface area is 160 Å². The van der Waals surface area contributed by atoms with E-state index >= 15 is 0 Å². The van der Waals surface area contributed by atoms with Gasteiger partial charge in [-0.05, 0) is 42.6 Å². The summed E-state index contributed by atoms with van der Waals surface area (Å²) in [6.45, 7) is 1.50. The number of hydrogen-bond donors (Lipinski definition) is 1. The van der Waals surface area contributed by atoms with Gasteiger partial charge >= 0.3 is 0 Å². The Balaban J connectivity index is 1.80. The van der Waals surface area contributed by atoms with Gasteiger partial charge in [-0.3, -0.25) is 9.29 Å². The Morgan fingerprint density at radius 2 is 1.96 bits per heavy atom. The highest BCUT2D eigenvalue weighted by Crippen LogP contribution is 2.38. The summed E-state index contributed by atoms with van der Waals surface area (Å²) in [5.74, 6) is 2.98. The van der Waals surface area contributed by atoms with Crippen molar-refractivity contribution < 1.29 is 18.6 Å². The third-order valence-corrected chi connectivity index (χ3v) is 5.24. The molecule has 3 heterocycles. The predicted octanol–water partition coefficient (Wildman–Crippen LogP) is 3.39. The average molecular weight is 388 g/mol. The van der Waals surface area contributed by atoms with Crippen molar-refractivity contribution in [1.82, 2.24) is 14.8 Å². The second-order valence-corrected chi connectivity index (χ2v) is 6.98. The maximum atomic E-state index is 5.58. The zero-order chi connectivity index (χ0) is 18.6. The molecule has 1 aliphatic heterocycles. The van der Waals surface area contributed by atoms with Gasteiger partial charge in [0.15, 0.2) is 5.76 Å². The van der Waals surface area contributed by atoms with Gasteiger partial charge in [0, 0.05) is 6.61 Å². The molecule has 8 nitrogen and oxygen atoms in total. The van der Waals surface area contributed by atoms with E-state index in [9.17, 15) is 0 Å². The van der Waals surface area contributed by atoms with Crippen molar-refractivity contribution in [2.24, 2.45) is 0 Å². The van der Waals surface area contributed by atoms with Crippen molar-refractivity contribution in [3.63, 3.8) is 0 Å². The van der Waals surface area contributed by atoms with Gasteiger partial charge in [-0.2, -0.15) is 0 Å². The van der Waals surface area contributed by atoms with E-state index in [0.29, 0.717) is 40.0 Å². The van der Waals surface area contributed by atoms with Crippen LogP contribution in [-0.4, -0.2) is 47.4 Å². The number of benzene rings is 1. The first kappa shape index (κ1) is 17.7. The number of anilines is 1. The van der Waals surface area contributed by atoms with Gasteiger partial charge in [-0.15, -0.1) is 10.2 Å². The third kappa shape index (κ3) is 3.47. The number of aromatic nitrogens is 3. The number of methoxy groups -OCH3 is 2. The summed E-state index contributed by atoms with van der Waals surface area (Å²) in [4.78, 5) is 0. The Morgan fingerprint density at radius 1 is 1.15 bits per heavy atom. The van der Waals surface area contributed by atoms with E-state index in [-0.39, 0.29) is 0 Å². The normalized spacial score (nSPS) is 16.4. The maximum absolute atomic E-state index is 5.58. The lowest BCUT2D eigenvalue weighted by molar-refractivity contribution is 0.199. The zero-order valence-electron chi connectivity index (χ0n) is 15.0. The minimum absolute atomic E-state index is 0.363. The van der Waals surface area contributed by atoms with Crippen molar-refractivity contribution in [1.29, 1.82) is 0 Å². The van der Waals surface area contributed by atoms with Crippen molar-refractivity contribution in [3.8, 4) is 28.8 Å². The van der Waals surface area contributed by atoms with Gasteiger partial charge in [0.2, 0.25) is 11.8 Å². The third-order valence-electron chi connectivity index (χ3n) is 4.23. The van der Waals surface area contributed by atoms with E-state index < -0.39 is 0 Å². The average Bonchev–Trinajstić information content (AvgIpc) is 3.46. The second-order valence-electron chi connectivity index (χ2n) is 5.88. The summed E-state index contributed by atoms with van der Waals surface area (Å²) in [6, 6.07) is 9.25. The van der Waals surface area contributed by atoms with Gasteiger partial charge < -0.3 is 18.6 Å². The molecular formula is C18H20N4O4S. The lowest BCUT2D eigenvalue weighted by Crippen LogP contribution is -2.09. The largest absolute Gasteiger partial charge is 0.494 e. The topological polar surface area (TPSA) is 83.6 Å². The molecule has 3 aromatic rings. The zero-order valence-corrected chi connectivity index (χ0v) is 15.9. The van der Waals surface area contributed by atoms with Gasteiger partial charge in [0.05, 0.1) is 32.3 Å². The van der Waals surface area contributed by atoms with E-state index in [1.807, 2.05) is 34.9 Å². The van der Waals surface area contributed by atoms with Crippen molar-refractivity contribution in [3.05, 3.63) is 36.6 Å². The molecule has 0 amide bonds. The summed E-state index contributed by atoms with van der Waals surface area (Å²) in [6.07, 6.45) is 2.60. The molecule has 27 heavy (non-hydrogen) atoms. The highest BCUT2D eigenvalue weighted by Gasteiger charge is 2.25. The van der Waals surface area contributed by atoms with Crippen LogP contribution in [0.5, 0.6) is 11.5 Å². The molecule has 1 atom stereocenters. The molecule has 1 N–H and O–H groups in total. The highest BCUT2D eigenvalue weighted by atomic mass is 32.2. The van der Waals surface area contributed by atoms with Crippen LogP contribution in [0.15, 0.2) is 41.0 Å². The lowest BCUT2D eigenvalue weighted by Gasteiger charge is -2.17. The molecule has 1 aromatic carbocycles. The quantitative estimate of drug-likeness (QED) is 0.617. The molecule has 4 rings (SSSR count). The summed E-state index contributed by atoms with van der Waals surface area (Å²) in [7, 11) is 3.24. The van der Waals surface area contributed by atoms with Crippen molar-refractivity contribution in [2.45, 2.75) is 11.7 Å². The van der Waals surface area contributed by atoms with Crippen molar-refractivity contribution >= 4 is 17.9 Å². The van der Waals surface area contributed by atoms with Crippen LogP contribution in [0.1, 0.15) is 6.42 Å². The highest BCUT2D eigenvalue weighted by molar-refractivity contribution is 8.01. The van der Waals surface area contributed by atoms with Crippen LogP contribution in [0, 0.1) is 0 Å². The first-order valence-corrected chi connectivity index (χ1v) is 9.40. The maximum Gasteiger partial charge on any atom is 0.239 e. The fourth-order valence-corrected chi connectivity index (χ4v) is 3.70. The summed E-state index contributed by atoms with van der Waals surface area (Å²) < 4.78 is 27.3. The predicted molar refractivity (Wildman–Crippen MR) is 103 cm³/mol. The van der Waals surface area contributed by atoms with Crippen LogP contribution >= 0.6 is 11.9 Å².